The number of aromatic hydroxyl groups is 1. The lowest BCUT2D eigenvalue weighted by atomic mass is 10.1. The minimum absolute atomic E-state index is 0.0862. The van der Waals surface area contributed by atoms with Crippen molar-refractivity contribution in [2.45, 2.75) is 26.4 Å². The van der Waals surface area contributed by atoms with Crippen LogP contribution in [-0.2, 0) is 6.54 Å². The molecule has 2 N–H and O–H groups in total. The summed E-state index contributed by atoms with van der Waals surface area (Å²) < 4.78 is 7.06. The van der Waals surface area contributed by atoms with Crippen LogP contribution >= 0.6 is 0 Å². The van der Waals surface area contributed by atoms with Crippen LogP contribution in [0.15, 0.2) is 24.3 Å². The van der Waals surface area contributed by atoms with Gasteiger partial charge in [-0.3, -0.25) is 4.68 Å². The van der Waals surface area contributed by atoms with E-state index >= 15 is 0 Å². The number of aryl methyl sites for hydroxylation is 2. The highest BCUT2D eigenvalue weighted by Crippen LogP contribution is 2.26. The number of hydrogen-bond donors (Lipinski definition) is 2. The summed E-state index contributed by atoms with van der Waals surface area (Å²) in [6, 6.07) is 7.22. The fraction of sp³-hybridized carbons (Fsp3) is 0.412. The van der Waals surface area contributed by atoms with Gasteiger partial charge in [-0.1, -0.05) is 6.07 Å². The Balaban J connectivity index is 1.51. The minimum Gasteiger partial charge on any atom is -0.504 e. The third kappa shape index (κ3) is 3.15. The van der Waals surface area contributed by atoms with E-state index in [0.29, 0.717) is 25.4 Å². The Labute approximate surface area is 140 Å². The molecule has 0 unspecified atom stereocenters. The number of nitrogens with zero attached hydrogens (tertiary/aromatic N) is 3. The lowest BCUT2D eigenvalue weighted by molar-refractivity contribution is 0.117. The van der Waals surface area contributed by atoms with E-state index in [0.717, 1.165) is 17.0 Å². The third-order valence-corrected chi connectivity index (χ3v) is 4.23. The zero-order chi connectivity index (χ0) is 17.3. The number of urea groups is 1. The molecule has 2 heterocycles. The Morgan fingerprint density at radius 3 is 2.75 bits per heavy atom. The number of hydrogen-bond acceptors (Lipinski definition) is 4. The molecule has 1 aliphatic heterocycles. The molecule has 2 amide bonds. The van der Waals surface area contributed by atoms with Gasteiger partial charge < -0.3 is 20.1 Å². The zero-order valence-corrected chi connectivity index (χ0v) is 14.1. The van der Waals surface area contributed by atoms with Crippen LogP contribution in [0.2, 0.25) is 0 Å². The first-order chi connectivity index (χ1) is 11.5. The SMILES string of the molecule is COc1cc(CNC(=O)N2CC(n3nc(C)cc3C)C2)ccc1O. The van der Waals surface area contributed by atoms with Gasteiger partial charge in [0.05, 0.1) is 18.8 Å². The third-order valence-electron chi connectivity index (χ3n) is 4.23. The molecule has 128 valence electrons. The van der Waals surface area contributed by atoms with Gasteiger partial charge in [-0.05, 0) is 37.6 Å². The van der Waals surface area contributed by atoms with Crippen molar-refractivity contribution < 1.29 is 14.6 Å². The van der Waals surface area contributed by atoms with E-state index in [4.69, 9.17) is 4.74 Å². The van der Waals surface area contributed by atoms with E-state index in [1.165, 1.54) is 7.11 Å². The normalized spacial score (nSPS) is 14.4. The standard InChI is InChI=1S/C17H22N4O3/c1-11-6-12(2)21(19-11)14-9-20(10-14)17(23)18-8-13-4-5-15(22)16(7-13)24-3/h4-7,14,22H,8-10H2,1-3H3,(H,18,23). The van der Waals surface area contributed by atoms with E-state index < -0.39 is 0 Å². The second-order valence-corrected chi connectivity index (χ2v) is 6.10. The van der Waals surface area contributed by atoms with Crippen molar-refractivity contribution in [1.29, 1.82) is 0 Å². The molecule has 0 bridgehead atoms. The Morgan fingerprint density at radius 1 is 1.38 bits per heavy atom. The highest BCUT2D eigenvalue weighted by atomic mass is 16.5. The number of nitrogens with one attached hydrogen (secondary N) is 1. The summed E-state index contributed by atoms with van der Waals surface area (Å²) >= 11 is 0. The van der Waals surface area contributed by atoms with E-state index in [-0.39, 0.29) is 17.8 Å². The molecular weight excluding hydrogens is 308 g/mol. The molecule has 0 atom stereocenters. The summed E-state index contributed by atoms with van der Waals surface area (Å²) in [5, 5.41) is 16.9. The number of carbonyl (C=O) groups is 1. The number of rotatable bonds is 4. The molecule has 1 aromatic heterocycles. The highest BCUT2D eigenvalue weighted by molar-refractivity contribution is 5.75. The quantitative estimate of drug-likeness (QED) is 0.898. The van der Waals surface area contributed by atoms with Crippen molar-refractivity contribution in [3.05, 3.63) is 41.2 Å². The number of likely N-dealkylation sites (tertiary alicyclic amines) is 1. The maximum atomic E-state index is 12.2. The minimum atomic E-state index is -0.0974. The van der Waals surface area contributed by atoms with Crippen molar-refractivity contribution >= 4 is 6.03 Å². The Bertz CT molecular complexity index is 750. The fourth-order valence-electron chi connectivity index (χ4n) is 2.91. The number of aromatic nitrogens is 2. The van der Waals surface area contributed by atoms with E-state index in [9.17, 15) is 9.90 Å². The van der Waals surface area contributed by atoms with E-state index in [2.05, 4.69) is 10.4 Å². The van der Waals surface area contributed by atoms with Crippen LogP contribution in [0.3, 0.4) is 0 Å². The molecule has 1 saturated heterocycles. The van der Waals surface area contributed by atoms with Gasteiger partial charge in [0.1, 0.15) is 0 Å². The van der Waals surface area contributed by atoms with Gasteiger partial charge in [-0.15, -0.1) is 0 Å². The number of amides is 2. The van der Waals surface area contributed by atoms with Crippen molar-refractivity contribution in [3.63, 3.8) is 0 Å². The van der Waals surface area contributed by atoms with Crippen LogP contribution in [0.25, 0.3) is 0 Å². The predicted molar refractivity (Wildman–Crippen MR) is 89.2 cm³/mol. The summed E-state index contributed by atoms with van der Waals surface area (Å²) in [7, 11) is 1.50. The van der Waals surface area contributed by atoms with Crippen molar-refractivity contribution in [3.8, 4) is 11.5 Å². The van der Waals surface area contributed by atoms with Gasteiger partial charge in [-0.2, -0.15) is 5.10 Å². The van der Waals surface area contributed by atoms with Crippen LogP contribution in [0.4, 0.5) is 4.79 Å². The number of methoxy groups -OCH3 is 1. The Morgan fingerprint density at radius 2 is 2.12 bits per heavy atom. The maximum Gasteiger partial charge on any atom is 0.317 e. The zero-order valence-electron chi connectivity index (χ0n) is 14.1. The Kier molecular flexibility index (Phi) is 4.33. The highest BCUT2D eigenvalue weighted by Gasteiger charge is 2.33. The molecule has 3 rings (SSSR count). The summed E-state index contributed by atoms with van der Waals surface area (Å²) in [4.78, 5) is 14.0. The first-order valence-corrected chi connectivity index (χ1v) is 7.89. The fourth-order valence-corrected chi connectivity index (χ4v) is 2.91. The lowest BCUT2D eigenvalue weighted by Crippen LogP contribution is -2.54. The van der Waals surface area contributed by atoms with Gasteiger partial charge in [0.2, 0.25) is 0 Å². The van der Waals surface area contributed by atoms with Crippen LogP contribution in [-0.4, -0.2) is 46.0 Å². The van der Waals surface area contributed by atoms with Gasteiger partial charge in [0.15, 0.2) is 11.5 Å². The van der Waals surface area contributed by atoms with Crippen molar-refractivity contribution in [1.82, 2.24) is 20.0 Å². The molecule has 2 aromatic rings. The van der Waals surface area contributed by atoms with Gasteiger partial charge in [0, 0.05) is 25.3 Å². The predicted octanol–water partition coefficient (Wildman–Crippen LogP) is 1.98. The topological polar surface area (TPSA) is 79.6 Å². The molecule has 1 aromatic carbocycles. The number of benzene rings is 1. The largest absolute Gasteiger partial charge is 0.504 e. The first-order valence-electron chi connectivity index (χ1n) is 7.89. The summed E-state index contributed by atoms with van der Waals surface area (Å²) in [6.07, 6.45) is 0. The monoisotopic (exact) mass is 330 g/mol. The lowest BCUT2D eigenvalue weighted by Gasteiger charge is -2.39. The molecule has 0 spiro atoms. The average Bonchev–Trinajstić information content (AvgIpc) is 2.83. The van der Waals surface area contributed by atoms with Crippen LogP contribution < -0.4 is 10.1 Å². The smallest absolute Gasteiger partial charge is 0.317 e. The van der Waals surface area contributed by atoms with Crippen molar-refractivity contribution in [2.24, 2.45) is 0 Å². The van der Waals surface area contributed by atoms with Crippen molar-refractivity contribution in [2.75, 3.05) is 20.2 Å². The van der Waals surface area contributed by atoms with Crippen LogP contribution in [0.5, 0.6) is 11.5 Å². The second-order valence-electron chi connectivity index (χ2n) is 6.10. The number of ether oxygens (including phenoxy) is 1. The molecule has 24 heavy (non-hydrogen) atoms. The van der Waals surface area contributed by atoms with E-state index in [1.807, 2.05) is 24.6 Å². The van der Waals surface area contributed by atoms with Gasteiger partial charge >= 0.3 is 6.03 Å². The van der Waals surface area contributed by atoms with Gasteiger partial charge in [0.25, 0.3) is 0 Å². The molecule has 1 aliphatic rings. The number of phenolic OH excluding ortho intramolecular Hbond substituents is 1. The summed E-state index contributed by atoms with van der Waals surface area (Å²) in [6.45, 7) is 5.70. The number of carbonyl (C=O) groups excluding carboxylic acids is 1. The molecular formula is C17H22N4O3. The van der Waals surface area contributed by atoms with Crippen LogP contribution in [0.1, 0.15) is 23.0 Å². The first kappa shape index (κ1) is 16.2. The average molecular weight is 330 g/mol. The molecule has 1 fully saturated rings. The van der Waals surface area contributed by atoms with Crippen LogP contribution in [0, 0.1) is 13.8 Å². The summed E-state index contributed by atoms with van der Waals surface area (Å²) in [5.74, 6) is 0.485. The van der Waals surface area contributed by atoms with E-state index in [1.54, 1.807) is 23.1 Å². The number of phenols is 1. The molecule has 0 aliphatic carbocycles. The molecule has 7 heteroatoms. The Hall–Kier alpha value is -2.70. The molecule has 0 saturated carbocycles. The molecule has 7 nitrogen and oxygen atoms in total. The molecule has 0 radical (unpaired) electrons. The summed E-state index contributed by atoms with van der Waals surface area (Å²) in [5.41, 5.74) is 2.99. The second kappa shape index (κ2) is 6.43. The maximum absolute atomic E-state index is 12.2. The van der Waals surface area contributed by atoms with Gasteiger partial charge in [-0.25, -0.2) is 4.79 Å².